The summed E-state index contributed by atoms with van der Waals surface area (Å²) >= 11 is 1.48. The lowest BCUT2D eigenvalue weighted by atomic mass is 10.1. The van der Waals surface area contributed by atoms with Crippen LogP contribution in [0.1, 0.15) is 60.3 Å². The second-order valence-corrected chi connectivity index (χ2v) is 11.2. The monoisotopic (exact) mass is 483 g/mol. The zero-order valence-corrected chi connectivity index (χ0v) is 20.6. The zero-order chi connectivity index (χ0) is 23.4. The average Bonchev–Trinajstić information content (AvgIpc) is 3.36. The molecule has 0 aliphatic heterocycles. The molecule has 0 saturated heterocycles. The highest BCUT2D eigenvalue weighted by molar-refractivity contribution is 7.89. The number of thiazole rings is 1. The maximum absolute atomic E-state index is 13.1. The highest BCUT2D eigenvalue weighted by atomic mass is 32.2. The van der Waals surface area contributed by atoms with Gasteiger partial charge in [0.1, 0.15) is 0 Å². The van der Waals surface area contributed by atoms with Crippen LogP contribution in [0.5, 0.6) is 0 Å². The molecule has 174 valence electrons. The first-order chi connectivity index (χ1) is 15.9. The summed E-state index contributed by atoms with van der Waals surface area (Å²) in [7, 11) is -3.58. The van der Waals surface area contributed by atoms with Gasteiger partial charge in [-0.05, 0) is 42.7 Å². The maximum Gasteiger partial charge on any atom is 0.257 e. The fraction of sp³-hybridized carbons (Fsp3) is 0.360. The lowest BCUT2D eigenvalue weighted by Gasteiger charge is -2.22. The van der Waals surface area contributed by atoms with E-state index in [4.69, 9.17) is 0 Å². The van der Waals surface area contributed by atoms with Gasteiger partial charge in [-0.2, -0.15) is 4.31 Å². The first-order valence-corrected chi connectivity index (χ1v) is 13.7. The van der Waals surface area contributed by atoms with Crippen molar-refractivity contribution in [2.75, 3.05) is 18.4 Å². The van der Waals surface area contributed by atoms with E-state index in [-0.39, 0.29) is 10.8 Å². The molecule has 0 fully saturated rings. The van der Waals surface area contributed by atoms with E-state index in [1.165, 1.54) is 29.0 Å². The highest BCUT2D eigenvalue weighted by Crippen LogP contribution is 2.40. The topological polar surface area (TPSA) is 79.4 Å². The van der Waals surface area contributed by atoms with Crippen molar-refractivity contribution in [1.29, 1.82) is 0 Å². The van der Waals surface area contributed by atoms with Crippen molar-refractivity contribution >= 4 is 32.4 Å². The van der Waals surface area contributed by atoms with Gasteiger partial charge in [-0.15, -0.1) is 11.3 Å². The summed E-state index contributed by atoms with van der Waals surface area (Å²) in [6, 6.07) is 14.3. The summed E-state index contributed by atoms with van der Waals surface area (Å²) in [5.41, 5.74) is 3.72. The number of sulfonamides is 1. The van der Waals surface area contributed by atoms with Gasteiger partial charge < -0.3 is 0 Å². The van der Waals surface area contributed by atoms with Crippen LogP contribution >= 0.6 is 11.3 Å². The molecule has 1 amide bonds. The van der Waals surface area contributed by atoms with Crippen LogP contribution in [0.3, 0.4) is 0 Å². The van der Waals surface area contributed by atoms with Crippen LogP contribution in [0.15, 0.2) is 53.4 Å². The largest absolute Gasteiger partial charge is 0.298 e. The predicted octanol–water partition coefficient (Wildman–Crippen LogP) is 5.56. The summed E-state index contributed by atoms with van der Waals surface area (Å²) < 4.78 is 27.8. The lowest BCUT2D eigenvalue weighted by Crippen LogP contribution is -2.33. The summed E-state index contributed by atoms with van der Waals surface area (Å²) in [6.07, 6.45) is 4.35. The van der Waals surface area contributed by atoms with Gasteiger partial charge in [0.05, 0.1) is 10.6 Å². The second kappa shape index (κ2) is 10.2. The molecule has 6 nitrogen and oxygen atoms in total. The van der Waals surface area contributed by atoms with Crippen molar-refractivity contribution in [2.45, 2.75) is 50.8 Å². The molecule has 1 aliphatic carbocycles. The van der Waals surface area contributed by atoms with E-state index in [2.05, 4.69) is 22.4 Å². The smallest absolute Gasteiger partial charge is 0.257 e. The molecule has 1 heterocycles. The Morgan fingerprint density at radius 2 is 1.70 bits per heavy atom. The van der Waals surface area contributed by atoms with Crippen LogP contribution in [-0.4, -0.2) is 36.7 Å². The quantitative estimate of drug-likeness (QED) is 0.320. The molecule has 4 rings (SSSR count). The minimum absolute atomic E-state index is 0.219. The van der Waals surface area contributed by atoms with Crippen LogP contribution in [0.2, 0.25) is 0 Å². The number of fused-ring (bicyclic) bond motifs is 3. The van der Waals surface area contributed by atoms with Gasteiger partial charge in [0, 0.05) is 35.5 Å². The van der Waals surface area contributed by atoms with E-state index in [1.807, 2.05) is 26.0 Å². The Balaban J connectivity index is 1.46. The first kappa shape index (κ1) is 23.6. The number of hydrogen-bond acceptors (Lipinski definition) is 5. The number of carbonyl (C=O) groups is 1. The van der Waals surface area contributed by atoms with Crippen molar-refractivity contribution in [3.8, 4) is 11.3 Å². The molecule has 0 spiro atoms. The molecular formula is C25H29N3O3S2. The molecule has 1 aromatic heterocycles. The van der Waals surface area contributed by atoms with E-state index >= 15 is 0 Å². The van der Waals surface area contributed by atoms with Crippen molar-refractivity contribution in [1.82, 2.24) is 9.29 Å². The third kappa shape index (κ3) is 5.03. The number of carbonyl (C=O) groups excluding carboxylic acids is 1. The van der Waals surface area contributed by atoms with E-state index in [0.29, 0.717) is 23.8 Å². The molecule has 0 bridgehead atoms. The third-order valence-corrected chi connectivity index (χ3v) is 8.70. The summed E-state index contributed by atoms with van der Waals surface area (Å²) in [4.78, 5) is 18.7. The average molecular weight is 484 g/mol. The Kier molecular flexibility index (Phi) is 7.26. The molecule has 0 atom stereocenters. The molecule has 0 unspecified atom stereocenters. The van der Waals surface area contributed by atoms with Crippen molar-refractivity contribution in [2.24, 2.45) is 0 Å². The Morgan fingerprint density at radius 1 is 1.03 bits per heavy atom. The minimum atomic E-state index is -3.58. The van der Waals surface area contributed by atoms with Gasteiger partial charge in [0.15, 0.2) is 5.13 Å². The number of nitrogens with zero attached hydrogens (tertiary/aromatic N) is 2. The van der Waals surface area contributed by atoms with Crippen LogP contribution in [-0.2, 0) is 16.4 Å². The third-order valence-electron chi connectivity index (χ3n) is 5.82. The van der Waals surface area contributed by atoms with Crippen molar-refractivity contribution in [3.05, 3.63) is 64.5 Å². The van der Waals surface area contributed by atoms with Crippen molar-refractivity contribution < 1.29 is 13.2 Å². The number of anilines is 1. The minimum Gasteiger partial charge on any atom is -0.298 e. The fourth-order valence-electron chi connectivity index (χ4n) is 3.93. The number of aromatic nitrogens is 1. The molecule has 33 heavy (non-hydrogen) atoms. The lowest BCUT2D eigenvalue weighted by molar-refractivity contribution is 0.102. The number of hydrogen-bond donors (Lipinski definition) is 1. The van der Waals surface area contributed by atoms with E-state index in [1.54, 1.807) is 16.4 Å². The van der Waals surface area contributed by atoms with Crippen LogP contribution in [0, 0.1) is 0 Å². The number of benzene rings is 2. The molecule has 3 aromatic rings. The van der Waals surface area contributed by atoms with Crippen LogP contribution < -0.4 is 5.32 Å². The fourth-order valence-corrected chi connectivity index (χ4v) is 6.44. The van der Waals surface area contributed by atoms with Crippen LogP contribution in [0.25, 0.3) is 11.3 Å². The van der Waals surface area contributed by atoms with Gasteiger partial charge in [-0.25, -0.2) is 13.4 Å². The van der Waals surface area contributed by atoms with E-state index < -0.39 is 10.0 Å². The molecule has 0 radical (unpaired) electrons. The molecule has 1 N–H and O–H groups in total. The number of rotatable bonds is 10. The maximum atomic E-state index is 13.1. The SMILES string of the molecule is CCCCN(CCCC)S(=O)(=O)c1ccc(C(=O)Nc2nc3c(s2)Cc2ccccc2-3)cc1. The van der Waals surface area contributed by atoms with Crippen molar-refractivity contribution in [3.63, 3.8) is 0 Å². The Bertz CT molecular complexity index is 1230. The standard InChI is InChI=1S/C25H29N3O3S2/c1-3-5-15-28(16-6-4-2)33(30,31)20-13-11-18(12-14-20)24(29)27-25-26-23-21-10-8-7-9-19(21)17-22(23)32-25/h7-14H,3-6,15-17H2,1-2H3,(H,26,27,29). The van der Waals surface area contributed by atoms with E-state index in [9.17, 15) is 13.2 Å². The summed E-state index contributed by atoms with van der Waals surface area (Å²) in [5, 5.41) is 3.42. The highest BCUT2D eigenvalue weighted by Gasteiger charge is 2.25. The Hall–Kier alpha value is -2.55. The Morgan fingerprint density at radius 3 is 2.36 bits per heavy atom. The molecular weight excluding hydrogens is 454 g/mol. The normalized spacial score (nSPS) is 12.6. The van der Waals surface area contributed by atoms with Gasteiger partial charge in [0.25, 0.3) is 5.91 Å². The molecule has 2 aromatic carbocycles. The molecule has 1 aliphatic rings. The van der Waals surface area contributed by atoms with Gasteiger partial charge in [-0.1, -0.05) is 51.0 Å². The second-order valence-electron chi connectivity index (χ2n) is 8.21. The predicted molar refractivity (Wildman–Crippen MR) is 133 cm³/mol. The van der Waals surface area contributed by atoms with Gasteiger partial charge >= 0.3 is 0 Å². The van der Waals surface area contributed by atoms with Gasteiger partial charge in [0.2, 0.25) is 10.0 Å². The molecule has 8 heteroatoms. The number of nitrogens with one attached hydrogen (secondary N) is 1. The van der Waals surface area contributed by atoms with Gasteiger partial charge in [-0.3, -0.25) is 10.1 Å². The van der Waals surface area contributed by atoms with E-state index in [0.717, 1.165) is 48.2 Å². The van der Waals surface area contributed by atoms with Crippen LogP contribution in [0.4, 0.5) is 5.13 Å². The molecule has 0 saturated carbocycles. The number of amides is 1. The zero-order valence-electron chi connectivity index (χ0n) is 19.0. The Labute approximate surface area is 199 Å². The summed E-state index contributed by atoms with van der Waals surface area (Å²) in [5.74, 6) is -0.298. The first-order valence-electron chi connectivity index (χ1n) is 11.4. The summed E-state index contributed by atoms with van der Waals surface area (Å²) in [6.45, 7) is 5.12. The number of unbranched alkanes of at least 4 members (excludes halogenated alkanes) is 2.